The van der Waals surface area contributed by atoms with Gasteiger partial charge in [0.05, 0.1) is 16.3 Å². The molecular weight excluding hydrogens is 534 g/mol. The molecule has 0 aromatic heterocycles. The Hall–Kier alpha value is -3.37. The number of carbonyl (C=O) groups excluding carboxylic acids is 1. The number of carbonyl (C=O) groups is 1. The van der Waals surface area contributed by atoms with Gasteiger partial charge in [0.1, 0.15) is 19.8 Å². The summed E-state index contributed by atoms with van der Waals surface area (Å²) in [6.45, 7) is 4.11. The first kappa shape index (κ1) is 24.7. The first-order valence-electron chi connectivity index (χ1n) is 10.8. The lowest BCUT2D eigenvalue weighted by atomic mass is 10.1. The summed E-state index contributed by atoms with van der Waals surface area (Å²) in [6.07, 6.45) is 0. The Morgan fingerprint density at radius 2 is 1.74 bits per heavy atom. The molecule has 1 aliphatic rings. The molecule has 1 heterocycles. The Morgan fingerprint density at radius 3 is 2.46 bits per heavy atom. The maximum Gasteiger partial charge on any atom is 0.264 e. The monoisotopic (exact) mass is 557 g/mol. The summed E-state index contributed by atoms with van der Waals surface area (Å²) in [5, 5.41) is 4.16. The van der Waals surface area contributed by atoms with Gasteiger partial charge in [-0.25, -0.2) is 13.8 Å². The average Bonchev–Trinajstić information content (AvgIpc) is 2.85. The van der Waals surface area contributed by atoms with Crippen LogP contribution in [0.5, 0.6) is 11.5 Å². The molecule has 35 heavy (non-hydrogen) atoms. The molecule has 0 bridgehead atoms. The van der Waals surface area contributed by atoms with Crippen molar-refractivity contribution in [3.05, 3.63) is 82.3 Å². The molecule has 1 N–H and O–H groups in total. The largest absolute Gasteiger partial charge is 0.486 e. The number of nitrogens with one attached hydrogen (secondary N) is 1. The molecule has 0 fully saturated rings. The number of halogens is 1. The van der Waals surface area contributed by atoms with Crippen molar-refractivity contribution in [2.75, 3.05) is 24.1 Å². The number of fused-ring (bicyclic) bond motifs is 1. The van der Waals surface area contributed by atoms with Crippen molar-refractivity contribution >= 4 is 43.3 Å². The van der Waals surface area contributed by atoms with Gasteiger partial charge in [0.25, 0.3) is 15.9 Å². The summed E-state index contributed by atoms with van der Waals surface area (Å²) in [4.78, 5) is 12.9. The van der Waals surface area contributed by atoms with E-state index in [0.29, 0.717) is 40.6 Å². The molecule has 10 heteroatoms. The summed E-state index contributed by atoms with van der Waals surface area (Å²) >= 11 is 3.37. The summed E-state index contributed by atoms with van der Waals surface area (Å²) in [5.41, 5.74) is 5.02. The van der Waals surface area contributed by atoms with Gasteiger partial charge in [-0.15, -0.1) is 0 Å². The molecule has 0 atom stereocenters. The lowest BCUT2D eigenvalue weighted by Gasteiger charge is -2.24. The van der Waals surface area contributed by atoms with Gasteiger partial charge in [-0.2, -0.15) is 5.10 Å². The van der Waals surface area contributed by atoms with Crippen molar-refractivity contribution < 1.29 is 22.7 Å². The number of nitrogens with zero attached hydrogens (tertiary/aromatic N) is 2. The Morgan fingerprint density at radius 1 is 1.03 bits per heavy atom. The van der Waals surface area contributed by atoms with Gasteiger partial charge in [0.2, 0.25) is 0 Å². The fourth-order valence-corrected chi connectivity index (χ4v) is 5.23. The van der Waals surface area contributed by atoms with Crippen LogP contribution in [0.25, 0.3) is 0 Å². The quantitative estimate of drug-likeness (QED) is 0.345. The molecule has 0 saturated carbocycles. The summed E-state index contributed by atoms with van der Waals surface area (Å²) in [7, 11) is -4.01. The van der Waals surface area contributed by atoms with Crippen molar-refractivity contribution in [2.45, 2.75) is 18.7 Å². The SMILES string of the molecule is C/C(=N/NC(=O)CN(c1cccc(Br)c1)S(=O)(=O)c1ccc(C)cc1)c1ccc2c(c1)OCCO2. The number of anilines is 1. The summed E-state index contributed by atoms with van der Waals surface area (Å²) in [5.74, 6) is 0.681. The van der Waals surface area contributed by atoms with Gasteiger partial charge in [0, 0.05) is 10.0 Å². The highest BCUT2D eigenvalue weighted by atomic mass is 79.9. The number of ether oxygens (including phenoxy) is 2. The van der Waals surface area contributed by atoms with Crippen LogP contribution < -0.4 is 19.2 Å². The molecule has 0 saturated heterocycles. The topological polar surface area (TPSA) is 97.3 Å². The highest BCUT2D eigenvalue weighted by Gasteiger charge is 2.27. The van der Waals surface area contributed by atoms with Gasteiger partial charge < -0.3 is 9.47 Å². The Labute approximate surface area is 212 Å². The van der Waals surface area contributed by atoms with E-state index in [0.717, 1.165) is 15.4 Å². The number of rotatable bonds is 7. The minimum atomic E-state index is -4.01. The highest BCUT2D eigenvalue weighted by molar-refractivity contribution is 9.10. The van der Waals surface area contributed by atoms with Crippen molar-refractivity contribution in [2.24, 2.45) is 5.10 Å². The fraction of sp³-hybridized carbons (Fsp3) is 0.200. The van der Waals surface area contributed by atoms with Crippen LogP contribution in [0.15, 0.2) is 81.2 Å². The Bertz CT molecular complexity index is 1370. The second kappa shape index (κ2) is 10.5. The minimum Gasteiger partial charge on any atom is -0.486 e. The van der Waals surface area contributed by atoms with E-state index in [-0.39, 0.29) is 4.90 Å². The number of sulfonamides is 1. The fourth-order valence-electron chi connectivity index (χ4n) is 3.43. The molecule has 0 spiro atoms. The van der Waals surface area contributed by atoms with Gasteiger partial charge in [-0.1, -0.05) is 39.7 Å². The van der Waals surface area contributed by atoms with Crippen LogP contribution in [0.2, 0.25) is 0 Å². The van der Waals surface area contributed by atoms with Gasteiger partial charge in [-0.3, -0.25) is 9.10 Å². The van der Waals surface area contributed by atoms with Crippen molar-refractivity contribution in [3.63, 3.8) is 0 Å². The van der Waals surface area contributed by atoms with Crippen molar-refractivity contribution in [1.29, 1.82) is 0 Å². The van der Waals surface area contributed by atoms with Crippen LogP contribution in [0, 0.1) is 6.92 Å². The first-order valence-corrected chi connectivity index (χ1v) is 13.1. The molecule has 4 rings (SSSR count). The zero-order chi connectivity index (χ0) is 25.0. The molecule has 0 aliphatic carbocycles. The standard InChI is InChI=1S/C25H24BrN3O5S/c1-17-6-9-22(10-7-17)35(31,32)29(21-5-3-4-20(26)15-21)16-25(30)28-27-18(2)19-8-11-23-24(14-19)34-13-12-33-23/h3-11,14-15H,12-13,16H2,1-2H3,(H,28,30)/b27-18-. The zero-order valence-corrected chi connectivity index (χ0v) is 21.6. The lowest BCUT2D eigenvalue weighted by molar-refractivity contribution is -0.119. The van der Waals surface area contributed by atoms with Crippen LogP contribution in [-0.2, 0) is 14.8 Å². The molecule has 3 aromatic rings. The number of benzene rings is 3. The second-order valence-electron chi connectivity index (χ2n) is 7.90. The van der Waals surface area contributed by atoms with E-state index < -0.39 is 22.5 Å². The minimum absolute atomic E-state index is 0.0897. The van der Waals surface area contributed by atoms with Gasteiger partial charge in [-0.05, 0) is 62.4 Å². The molecule has 0 unspecified atom stereocenters. The molecular formula is C25H24BrN3O5S. The van der Waals surface area contributed by atoms with E-state index in [4.69, 9.17) is 9.47 Å². The van der Waals surface area contributed by atoms with E-state index in [2.05, 4.69) is 26.5 Å². The van der Waals surface area contributed by atoms with Crippen molar-refractivity contribution in [3.8, 4) is 11.5 Å². The average molecular weight is 558 g/mol. The van der Waals surface area contributed by atoms with Crippen LogP contribution in [0.4, 0.5) is 5.69 Å². The van der Waals surface area contributed by atoms with Crippen LogP contribution >= 0.6 is 15.9 Å². The number of amides is 1. The first-order chi connectivity index (χ1) is 16.7. The molecule has 0 radical (unpaired) electrons. The lowest BCUT2D eigenvalue weighted by Crippen LogP contribution is -2.39. The predicted octanol–water partition coefficient (Wildman–Crippen LogP) is 4.26. The molecule has 3 aromatic carbocycles. The van der Waals surface area contributed by atoms with E-state index in [1.807, 2.05) is 13.0 Å². The summed E-state index contributed by atoms with van der Waals surface area (Å²) < 4.78 is 39.8. The van der Waals surface area contributed by atoms with Crippen LogP contribution in [0.1, 0.15) is 18.1 Å². The highest BCUT2D eigenvalue weighted by Crippen LogP contribution is 2.31. The van der Waals surface area contributed by atoms with Gasteiger partial charge in [0.15, 0.2) is 11.5 Å². The Balaban J connectivity index is 1.56. The molecule has 8 nitrogen and oxygen atoms in total. The third-order valence-corrected chi connectivity index (χ3v) is 7.58. The summed E-state index contributed by atoms with van der Waals surface area (Å²) in [6, 6.07) is 18.6. The van der Waals surface area contributed by atoms with Gasteiger partial charge >= 0.3 is 0 Å². The van der Waals surface area contributed by atoms with E-state index in [1.54, 1.807) is 55.5 Å². The van der Waals surface area contributed by atoms with E-state index >= 15 is 0 Å². The second-order valence-corrected chi connectivity index (χ2v) is 10.7. The third kappa shape index (κ3) is 5.83. The van der Waals surface area contributed by atoms with Crippen LogP contribution in [0.3, 0.4) is 0 Å². The molecule has 182 valence electrons. The zero-order valence-electron chi connectivity index (χ0n) is 19.2. The number of hydrogen-bond acceptors (Lipinski definition) is 6. The van der Waals surface area contributed by atoms with Crippen LogP contribution in [-0.4, -0.2) is 39.8 Å². The normalized spacial score (nSPS) is 13.3. The smallest absolute Gasteiger partial charge is 0.264 e. The Kier molecular flexibility index (Phi) is 7.42. The molecule has 1 aliphatic heterocycles. The maximum atomic E-state index is 13.5. The number of aryl methyl sites for hydroxylation is 1. The van der Waals surface area contributed by atoms with Crippen molar-refractivity contribution in [1.82, 2.24) is 5.43 Å². The maximum absolute atomic E-state index is 13.5. The van der Waals surface area contributed by atoms with E-state index in [1.165, 1.54) is 12.1 Å². The number of hydrazone groups is 1. The van der Waals surface area contributed by atoms with E-state index in [9.17, 15) is 13.2 Å². The predicted molar refractivity (Wildman–Crippen MR) is 138 cm³/mol. The third-order valence-electron chi connectivity index (χ3n) is 5.30. The molecule has 1 amide bonds. The number of hydrogen-bond donors (Lipinski definition) is 1.